The fourth-order valence-electron chi connectivity index (χ4n) is 2.34. The Morgan fingerprint density at radius 2 is 1.69 bits per heavy atom. The zero-order chi connectivity index (χ0) is 19.1. The van der Waals surface area contributed by atoms with Crippen LogP contribution in [0.1, 0.15) is 42.7 Å². The predicted molar refractivity (Wildman–Crippen MR) is 103 cm³/mol. The van der Waals surface area contributed by atoms with Crippen LogP contribution in [0.5, 0.6) is 5.75 Å². The maximum atomic E-state index is 12.0. The lowest BCUT2D eigenvalue weighted by Gasteiger charge is -2.16. The van der Waals surface area contributed by atoms with Crippen LogP contribution in [0.3, 0.4) is 0 Å². The number of amides is 1. The van der Waals surface area contributed by atoms with Gasteiger partial charge in [0, 0.05) is 4.47 Å². The zero-order valence-corrected chi connectivity index (χ0v) is 16.6. The molecule has 0 aromatic heterocycles. The molecule has 138 valence electrons. The molecule has 0 fully saturated rings. The normalized spacial score (nSPS) is 11.7. The largest absolute Gasteiger partial charge is 0.491 e. The molecule has 0 unspecified atom stereocenters. The van der Waals surface area contributed by atoms with Gasteiger partial charge < -0.3 is 14.8 Å². The molecular formula is C20H22BrNO4. The van der Waals surface area contributed by atoms with Gasteiger partial charge in [0.25, 0.3) is 5.91 Å². The smallest absolute Gasteiger partial charge is 0.338 e. The minimum Gasteiger partial charge on any atom is -0.491 e. The van der Waals surface area contributed by atoms with E-state index in [1.807, 2.05) is 45.0 Å². The van der Waals surface area contributed by atoms with E-state index in [1.165, 1.54) is 0 Å². The van der Waals surface area contributed by atoms with Crippen molar-refractivity contribution in [3.05, 3.63) is 64.1 Å². The summed E-state index contributed by atoms with van der Waals surface area (Å²) in [5.41, 5.74) is 1.32. The van der Waals surface area contributed by atoms with E-state index < -0.39 is 5.97 Å². The number of carbonyl (C=O) groups is 2. The van der Waals surface area contributed by atoms with Gasteiger partial charge in [0.1, 0.15) is 5.75 Å². The van der Waals surface area contributed by atoms with Crippen molar-refractivity contribution in [2.24, 2.45) is 0 Å². The molecule has 0 aliphatic rings. The highest BCUT2D eigenvalue weighted by molar-refractivity contribution is 9.10. The molecule has 26 heavy (non-hydrogen) atoms. The highest BCUT2D eigenvalue weighted by Crippen LogP contribution is 2.22. The van der Waals surface area contributed by atoms with E-state index >= 15 is 0 Å². The second kappa shape index (κ2) is 9.38. The van der Waals surface area contributed by atoms with Gasteiger partial charge in [-0.15, -0.1) is 0 Å². The molecule has 2 aromatic rings. The third kappa shape index (κ3) is 5.88. The number of halogens is 1. The summed E-state index contributed by atoms with van der Waals surface area (Å²) in [6.07, 6.45) is 0.0585. The van der Waals surface area contributed by atoms with Crippen LogP contribution in [0.4, 0.5) is 0 Å². The first kappa shape index (κ1) is 20.0. The number of hydrogen-bond donors (Lipinski definition) is 1. The molecule has 0 aliphatic carbocycles. The van der Waals surface area contributed by atoms with Gasteiger partial charge in [0.2, 0.25) is 0 Å². The van der Waals surface area contributed by atoms with Gasteiger partial charge in [0.05, 0.1) is 17.7 Å². The SMILES string of the molecule is CC(C)Oc1ccc(C(=O)OCC(=O)N[C@H](C)c2ccccc2Br)cc1. The summed E-state index contributed by atoms with van der Waals surface area (Å²) in [5, 5.41) is 2.81. The van der Waals surface area contributed by atoms with Crippen LogP contribution in [0.25, 0.3) is 0 Å². The van der Waals surface area contributed by atoms with Crippen LogP contribution in [0, 0.1) is 0 Å². The number of rotatable bonds is 7. The van der Waals surface area contributed by atoms with Crippen LogP contribution >= 0.6 is 15.9 Å². The topological polar surface area (TPSA) is 64.6 Å². The first-order valence-electron chi connectivity index (χ1n) is 8.34. The van der Waals surface area contributed by atoms with Gasteiger partial charge in [-0.1, -0.05) is 34.1 Å². The van der Waals surface area contributed by atoms with E-state index in [0.717, 1.165) is 10.0 Å². The minimum absolute atomic E-state index is 0.0585. The average molecular weight is 420 g/mol. The van der Waals surface area contributed by atoms with Crippen molar-refractivity contribution in [1.29, 1.82) is 0 Å². The van der Waals surface area contributed by atoms with Crippen molar-refractivity contribution >= 4 is 27.8 Å². The Hall–Kier alpha value is -2.34. The van der Waals surface area contributed by atoms with E-state index in [1.54, 1.807) is 24.3 Å². The third-order valence-electron chi connectivity index (χ3n) is 3.55. The summed E-state index contributed by atoms with van der Waals surface area (Å²) in [6, 6.07) is 14.0. The molecule has 1 N–H and O–H groups in total. The van der Waals surface area contributed by atoms with Gasteiger partial charge in [-0.05, 0) is 56.7 Å². The van der Waals surface area contributed by atoms with E-state index in [4.69, 9.17) is 9.47 Å². The summed E-state index contributed by atoms with van der Waals surface area (Å²) in [7, 11) is 0. The molecule has 2 rings (SSSR count). The number of ether oxygens (including phenoxy) is 2. The maximum absolute atomic E-state index is 12.0. The van der Waals surface area contributed by atoms with E-state index in [2.05, 4.69) is 21.2 Å². The highest BCUT2D eigenvalue weighted by Gasteiger charge is 2.14. The molecule has 1 amide bonds. The molecule has 2 aromatic carbocycles. The van der Waals surface area contributed by atoms with Crippen molar-refractivity contribution in [1.82, 2.24) is 5.32 Å². The number of nitrogens with one attached hydrogen (secondary N) is 1. The first-order chi connectivity index (χ1) is 12.4. The highest BCUT2D eigenvalue weighted by atomic mass is 79.9. The van der Waals surface area contributed by atoms with Crippen LogP contribution in [-0.2, 0) is 9.53 Å². The van der Waals surface area contributed by atoms with Gasteiger partial charge in [-0.25, -0.2) is 4.79 Å². The fraction of sp³-hybridized carbons (Fsp3) is 0.300. The zero-order valence-electron chi connectivity index (χ0n) is 15.0. The molecule has 0 radical (unpaired) electrons. The van der Waals surface area contributed by atoms with Crippen LogP contribution in [-0.4, -0.2) is 24.6 Å². The first-order valence-corrected chi connectivity index (χ1v) is 9.13. The van der Waals surface area contributed by atoms with Crippen molar-refractivity contribution in [2.75, 3.05) is 6.61 Å². The lowest BCUT2D eigenvalue weighted by molar-refractivity contribution is -0.124. The predicted octanol–water partition coefficient (Wildman–Crippen LogP) is 4.27. The van der Waals surface area contributed by atoms with E-state index in [9.17, 15) is 9.59 Å². The second-order valence-electron chi connectivity index (χ2n) is 6.08. The van der Waals surface area contributed by atoms with E-state index in [-0.39, 0.29) is 24.7 Å². The Bertz CT molecular complexity index is 759. The van der Waals surface area contributed by atoms with Crippen LogP contribution < -0.4 is 10.1 Å². The summed E-state index contributed by atoms with van der Waals surface area (Å²) >= 11 is 3.45. The van der Waals surface area contributed by atoms with Crippen molar-refractivity contribution in [2.45, 2.75) is 32.9 Å². The summed E-state index contributed by atoms with van der Waals surface area (Å²) < 4.78 is 11.5. The third-order valence-corrected chi connectivity index (χ3v) is 4.27. The monoisotopic (exact) mass is 419 g/mol. The fourth-order valence-corrected chi connectivity index (χ4v) is 2.97. The van der Waals surface area contributed by atoms with Gasteiger partial charge in [-0.3, -0.25) is 4.79 Å². The molecule has 5 nitrogen and oxygen atoms in total. The molecule has 0 heterocycles. The van der Waals surface area contributed by atoms with Crippen molar-refractivity contribution in [3.8, 4) is 5.75 Å². The lowest BCUT2D eigenvalue weighted by Crippen LogP contribution is -2.31. The molecule has 1 atom stereocenters. The summed E-state index contributed by atoms with van der Waals surface area (Å²) in [6.45, 7) is 5.39. The molecule has 0 spiro atoms. The van der Waals surface area contributed by atoms with Gasteiger partial charge >= 0.3 is 5.97 Å². The molecular weight excluding hydrogens is 398 g/mol. The average Bonchev–Trinajstić information content (AvgIpc) is 2.60. The Morgan fingerprint density at radius 1 is 1.04 bits per heavy atom. The van der Waals surface area contributed by atoms with Crippen molar-refractivity contribution in [3.63, 3.8) is 0 Å². The Balaban J connectivity index is 1.85. The van der Waals surface area contributed by atoms with Crippen molar-refractivity contribution < 1.29 is 19.1 Å². The molecule has 6 heteroatoms. The number of esters is 1. The molecule has 0 aliphatic heterocycles. The van der Waals surface area contributed by atoms with Gasteiger partial charge in [0.15, 0.2) is 6.61 Å². The molecule has 0 saturated carbocycles. The Labute approximate surface area is 161 Å². The Morgan fingerprint density at radius 3 is 2.31 bits per heavy atom. The lowest BCUT2D eigenvalue weighted by atomic mass is 10.1. The second-order valence-corrected chi connectivity index (χ2v) is 6.93. The van der Waals surface area contributed by atoms with Crippen LogP contribution in [0.15, 0.2) is 53.0 Å². The summed E-state index contributed by atoms with van der Waals surface area (Å²) in [4.78, 5) is 24.1. The van der Waals surface area contributed by atoms with E-state index in [0.29, 0.717) is 11.3 Å². The Kier molecular flexibility index (Phi) is 7.21. The number of hydrogen-bond acceptors (Lipinski definition) is 4. The minimum atomic E-state index is -0.551. The maximum Gasteiger partial charge on any atom is 0.338 e. The number of benzene rings is 2. The van der Waals surface area contributed by atoms with Crippen LogP contribution in [0.2, 0.25) is 0 Å². The summed E-state index contributed by atoms with van der Waals surface area (Å²) in [5.74, 6) is -0.234. The van der Waals surface area contributed by atoms with Gasteiger partial charge in [-0.2, -0.15) is 0 Å². The molecule has 0 bridgehead atoms. The molecule has 0 saturated heterocycles. The number of carbonyl (C=O) groups excluding carboxylic acids is 2. The quantitative estimate of drug-likeness (QED) is 0.680. The standard InChI is InChI=1S/C20H22BrNO4/c1-13(2)26-16-10-8-15(9-11-16)20(24)25-12-19(23)22-14(3)17-6-4-5-7-18(17)21/h4-11,13-14H,12H2,1-3H3,(H,22,23)/t14-/m1/s1.